The van der Waals surface area contributed by atoms with Gasteiger partial charge in [0.05, 0.1) is 5.56 Å². The van der Waals surface area contributed by atoms with Gasteiger partial charge in [0, 0.05) is 27.7 Å². The molecule has 2 aromatic carbocycles. The maximum atomic E-state index is 13.3. The third-order valence-corrected chi connectivity index (χ3v) is 5.18. The van der Waals surface area contributed by atoms with Crippen LogP contribution in [-0.2, 0) is 0 Å². The molecule has 32 heavy (non-hydrogen) atoms. The predicted octanol–water partition coefficient (Wildman–Crippen LogP) is 4.96. The van der Waals surface area contributed by atoms with Gasteiger partial charge in [-0.05, 0) is 48.4 Å². The second-order valence-corrected chi connectivity index (χ2v) is 7.98. The van der Waals surface area contributed by atoms with Gasteiger partial charge in [0.1, 0.15) is 11.8 Å². The molecule has 0 atom stereocenters. The first-order valence-corrected chi connectivity index (χ1v) is 10.3. The molecule has 0 fully saturated rings. The molecule has 2 aromatic heterocycles. The van der Waals surface area contributed by atoms with Crippen LogP contribution in [0.3, 0.4) is 0 Å². The highest BCUT2D eigenvalue weighted by Gasteiger charge is 2.22. The van der Waals surface area contributed by atoms with Crippen LogP contribution >= 0.6 is 11.6 Å². The first kappa shape index (κ1) is 21.3. The Morgan fingerprint density at radius 1 is 1.03 bits per heavy atom. The Morgan fingerprint density at radius 2 is 1.75 bits per heavy atom. The van der Waals surface area contributed by atoms with Gasteiger partial charge in [-0.25, -0.2) is 14.3 Å². The Labute approximate surface area is 189 Å². The van der Waals surface area contributed by atoms with Gasteiger partial charge in [0.25, 0.3) is 0 Å². The zero-order chi connectivity index (χ0) is 22.8. The van der Waals surface area contributed by atoms with E-state index in [4.69, 9.17) is 17.3 Å². The fraction of sp³-hybridized carbons (Fsp3) is 0.130. The summed E-state index contributed by atoms with van der Waals surface area (Å²) in [6.07, 6.45) is 1.37. The maximum absolute atomic E-state index is 13.3. The van der Waals surface area contributed by atoms with Gasteiger partial charge < -0.3 is 16.4 Å². The number of carbonyl (C=O) groups is 2. The van der Waals surface area contributed by atoms with Crippen molar-refractivity contribution in [2.45, 2.75) is 19.8 Å². The highest BCUT2D eigenvalue weighted by Crippen LogP contribution is 2.27. The number of amides is 2. The summed E-state index contributed by atoms with van der Waals surface area (Å²) in [7, 11) is 0. The maximum Gasteiger partial charge on any atom is 0.323 e. The Bertz CT molecular complexity index is 1310. The Balaban J connectivity index is 1.60. The van der Waals surface area contributed by atoms with Crippen molar-refractivity contribution in [1.29, 1.82) is 0 Å². The number of carbonyl (C=O) groups excluding carboxylic acids is 2. The molecule has 4 aromatic rings. The number of halogens is 1. The van der Waals surface area contributed by atoms with Crippen molar-refractivity contribution in [3.05, 3.63) is 82.8 Å². The van der Waals surface area contributed by atoms with Crippen molar-refractivity contribution >= 4 is 46.1 Å². The third-order valence-electron chi connectivity index (χ3n) is 4.93. The molecule has 0 unspecified atom stereocenters. The normalized spacial score (nSPS) is 11.0. The van der Waals surface area contributed by atoms with E-state index in [0.29, 0.717) is 33.0 Å². The summed E-state index contributed by atoms with van der Waals surface area (Å²) < 4.78 is 1.65. The number of benzene rings is 2. The molecule has 9 heteroatoms. The molecular weight excluding hydrogens is 428 g/mol. The first-order chi connectivity index (χ1) is 15.3. The van der Waals surface area contributed by atoms with Crippen LogP contribution in [-0.4, -0.2) is 26.4 Å². The van der Waals surface area contributed by atoms with Crippen LogP contribution in [0.4, 0.5) is 22.0 Å². The number of ketones is 1. The number of hydrogen-bond acceptors (Lipinski definition) is 5. The van der Waals surface area contributed by atoms with Crippen molar-refractivity contribution in [2.24, 2.45) is 0 Å². The monoisotopic (exact) mass is 448 g/mol. The quantitative estimate of drug-likeness (QED) is 0.373. The third kappa shape index (κ3) is 4.26. The minimum absolute atomic E-state index is 0.128. The van der Waals surface area contributed by atoms with E-state index in [0.717, 1.165) is 5.69 Å². The fourth-order valence-electron chi connectivity index (χ4n) is 3.40. The summed E-state index contributed by atoms with van der Waals surface area (Å²) in [6.45, 7) is 4.02. The van der Waals surface area contributed by atoms with E-state index in [1.807, 2.05) is 13.8 Å². The highest BCUT2D eigenvalue weighted by atomic mass is 35.5. The minimum atomic E-state index is -0.439. The summed E-state index contributed by atoms with van der Waals surface area (Å²) in [6, 6.07) is 14.8. The van der Waals surface area contributed by atoms with Gasteiger partial charge in [-0.1, -0.05) is 37.6 Å². The molecule has 0 aliphatic heterocycles. The standard InChI is InChI=1S/C23H21ClN6O2/c1-13(2)19-11-18(20-22(25)26-12-27-30(19)20)21(31)14-4-3-5-17(10-14)29-23(32)28-16-8-6-15(24)7-9-16/h3-13H,1-2H3,(H2,25,26,27)(H2,28,29,32). The molecule has 0 saturated carbocycles. The first-order valence-electron chi connectivity index (χ1n) is 9.94. The average Bonchev–Trinajstić information content (AvgIpc) is 3.16. The number of fused-ring (bicyclic) bond motifs is 1. The summed E-state index contributed by atoms with van der Waals surface area (Å²) in [4.78, 5) is 29.7. The van der Waals surface area contributed by atoms with Gasteiger partial charge in [-0.3, -0.25) is 4.79 Å². The van der Waals surface area contributed by atoms with Gasteiger partial charge in [0.2, 0.25) is 0 Å². The van der Waals surface area contributed by atoms with Crippen molar-refractivity contribution in [2.75, 3.05) is 16.4 Å². The van der Waals surface area contributed by atoms with E-state index in [1.165, 1.54) is 6.33 Å². The van der Waals surface area contributed by atoms with Crippen LogP contribution in [0.25, 0.3) is 5.52 Å². The molecule has 4 N–H and O–H groups in total. The Kier molecular flexibility index (Phi) is 5.79. The van der Waals surface area contributed by atoms with E-state index in [1.54, 1.807) is 59.1 Å². The smallest absolute Gasteiger partial charge is 0.323 e. The van der Waals surface area contributed by atoms with Crippen molar-refractivity contribution < 1.29 is 9.59 Å². The van der Waals surface area contributed by atoms with E-state index >= 15 is 0 Å². The number of hydrogen-bond donors (Lipinski definition) is 3. The van der Waals surface area contributed by atoms with Crippen molar-refractivity contribution in [3.63, 3.8) is 0 Å². The molecule has 0 saturated heterocycles. The minimum Gasteiger partial charge on any atom is -0.382 e. The lowest BCUT2D eigenvalue weighted by Crippen LogP contribution is -2.19. The van der Waals surface area contributed by atoms with Gasteiger partial charge in [-0.2, -0.15) is 5.10 Å². The van der Waals surface area contributed by atoms with Crippen LogP contribution < -0.4 is 16.4 Å². The second kappa shape index (κ2) is 8.68. The molecule has 0 bridgehead atoms. The molecule has 0 spiro atoms. The lowest BCUT2D eigenvalue weighted by molar-refractivity contribution is 0.104. The van der Waals surface area contributed by atoms with E-state index in [2.05, 4.69) is 20.7 Å². The Morgan fingerprint density at radius 3 is 2.47 bits per heavy atom. The zero-order valence-corrected chi connectivity index (χ0v) is 18.2. The number of anilines is 3. The summed E-state index contributed by atoms with van der Waals surface area (Å²) in [5, 5.41) is 10.3. The molecular formula is C23H21ClN6O2. The molecule has 162 valence electrons. The molecule has 2 heterocycles. The van der Waals surface area contributed by atoms with E-state index in [-0.39, 0.29) is 17.5 Å². The molecule has 2 amide bonds. The van der Waals surface area contributed by atoms with Crippen LogP contribution in [0, 0.1) is 0 Å². The largest absolute Gasteiger partial charge is 0.382 e. The molecule has 0 aliphatic rings. The molecule has 0 aliphatic carbocycles. The fourth-order valence-corrected chi connectivity index (χ4v) is 3.52. The van der Waals surface area contributed by atoms with E-state index in [9.17, 15) is 9.59 Å². The number of nitrogens with zero attached hydrogens (tertiary/aromatic N) is 3. The van der Waals surface area contributed by atoms with Crippen molar-refractivity contribution in [3.8, 4) is 0 Å². The van der Waals surface area contributed by atoms with Crippen LogP contribution in [0.5, 0.6) is 0 Å². The Hall–Kier alpha value is -3.91. The molecule has 8 nitrogen and oxygen atoms in total. The number of nitrogens with two attached hydrogens (primary N) is 1. The van der Waals surface area contributed by atoms with Crippen LogP contribution in [0.15, 0.2) is 60.9 Å². The lowest BCUT2D eigenvalue weighted by Gasteiger charge is -2.09. The predicted molar refractivity (Wildman–Crippen MR) is 125 cm³/mol. The van der Waals surface area contributed by atoms with Gasteiger partial charge in [-0.15, -0.1) is 0 Å². The average molecular weight is 449 g/mol. The summed E-state index contributed by atoms with van der Waals surface area (Å²) >= 11 is 5.86. The molecule has 0 radical (unpaired) electrons. The van der Waals surface area contributed by atoms with E-state index < -0.39 is 6.03 Å². The van der Waals surface area contributed by atoms with Crippen LogP contribution in [0.1, 0.15) is 41.4 Å². The topological polar surface area (TPSA) is 114 Å². The zero-order valence-electron chi connectivity index (χ0n) is 17.5. The SMILES string of the molecule is CC(C)c1cc(C(=O)c2cccc(NC(=O)Nc3ccc(Cl)cc3)c2)c2c(N)ncnn12. The van der Waals surface area contributed by atoms with Gasteiger partial charge in [0.15, 0.2) is 11.6 Å². The number of rotatable bonds is 5. The second-order valence-electron chi connectivity index (χ2n) is 7.54. The number of aromatic nitrogens is 3. The molecule has 4 rings (SSSR count). The van der Waals surface area contributed by atoms with Gasteiger partial charge >= 0.3 is 6.03 Å². The van der Waals surface area contributed by atoms with Crippen LogP contribution in [0.2, 0.25) is 5.02 Å². The number of urea groups is 1. The number of nitrogen functional groups attached to an aromatic ring is 1. The number of nitrogens with one attached hydrogen (secondary N) is 2. The summed E-state index contributed by atoms with van der Waals surface area (Å²) in [5.74, 6) is 0.118. The highest BCUT2D eigenvalue weighted by molar-refractivity contribution is 6.30. The summed E-state index contributed by atoms with van der Waals surface area (Å²) in [5.41, 5.74) is 9.27. The van der Waals surface area contributed by atoms with Crippen molar-refractivity contribution in [1.82, 2.24) is 14.6 Å². The lowest BCUT2D eigenvalue weighted by atomic mass is 10.0.